The van der Waals surface area contributed by atoms with Gasteiger partial charge in [-0.15, -0.1) is 11.6 Å². The highest BCUT2D eigenvalue weighted by Crippen LogP contribution is 2.17. The molecule has 0 aromatic heterocycles. The van der Waals surface area contributed by atoms with Gasteiger partial charge < -0.3 is 0 Å². The molecule has 0 amide bonds. The van der Waals surface area contributed by atoms with Crippen LogP contribution in [0.1, 0.15) is 17.5 Å². The minimum absolute atomic E-state index is 0.663. The van der Waals surface area contributed by atoms with Gasteiger partial charge in [0.15, 0.2) is 0 Å². The highest BCUT2D eigenvalue weighted by Gasteiger charge is 1.93. The molecule has 0 heterocycles. The Bertz CT molecular complexity index is 303. The van der Waals surface area contributed by atoms with Gasteiger partial charge in [-0.3, -0.25) is 0 Å². The highest BCUT2D eigenvalue weighted by atomic mass is 35.5. The third-order valence-electron chi connectivity index (χ3n) is 1.78. The standard InChI is InChI=1S/C11H12Cl2/c1-9-5-6-10(8-11(9)13)4-2-3-7-12/h2,4-6,8H,3,7H2,1H3/b4-2+. The zero-order chi connectivity index (χ0) is 9.68. The molecule has 0 saturated heterocycles. The predicted molar refractivity (Wildman–Crippen MR) is 60.6 cm³/mol. The van der Waals surface area contributed by atoms with Crippen molar-refractivity contribution in [2.24, 2.45) is 0 Å². The minimum Gasteiger partial charge on any atom is -0.126 e. The third-order valence-corrected chi connectivity index (χ3v) is 2.41. The molecule has 1 aromatic rings. The average Bonchev–Trinajstić information content (AvgIpc) is 2.12. The van der Waals surface area contributed by atoms with Crippen molar-refractivity contribution < 1.29 is 0 Å². The lowest BCUT2D eigenvalue weighted by Gasteiger charge is -1.98. The van der Waals surface area contributed by atoms with Gasteiger partial charge in [-0.2, -0.15) is 0 Å². The Morgan fingerprint density at radius 2 is 2.15 bits per heavy atom. The Hall–Kier alpha value is -0.460. The predicted octanol–water partition coefficient (Wildman–Crippen LogP) is 4.29. The van der Waals surface area contributed by atoms with Gasteiger partial charge >= 0.3 is 0 Å². The molecular formula is C11H12Cl2. The summed E-state index contributed by atoms with van der Waals surface area (Å²) in [6, 6.07) is 6.02. The van der Waals surface area contributed by atoms with Crippen LogP contribution in [0.5, 0.6) is 0 Å². The summed E-state index contributed by atoms with van der Waals surface area (Å²) >= 11 is 11.5. The van der Waals surface area contributed by atoms with Gasteiger partial charge in [0.2, 0.25) is 0 Å². The van der Waals surface area contributed by atoms with Crippen LogP contribution in [0.15, 0.2) is 24.3 Å². The third kappa shape index (κ3) is 3.41. The molecule has 13 heavy (non-hydrogen) atoms. The lowest BCUT2D eigenvalue weighted by Crippen LogP contribution is -1.77. The van der Waals surface area contributed by atoms with Gasteiger partial charge in [-0.25, -0.2) is 0 Å². The molecule has 0 saturated carbocycles. The monoisotopic (exact) mass is 214 g/mol. The van der Waals surface area contributed by atoms with Crippen molar-refractivity contribution in [1.29, 1.82) is 0 Å². The Balaban J connectivity index is 2.73. The fourth-order valence-electron chi connectivity index (χ4n) is 0.995. The number of allylic oxidation sites excluding steroid dienone is 1. The summed E-state index contributed by atoms with van der Waals surface area (Å²) in [5.74, 6) is 0.663. The first-order valence-electron chi connectivity index (χ1n) is 4.22. The van der Waals surface area contributed by atoms with Gasteiger partial charge in [0.1, 0.15) is 0 Å². The summed E-state index contributed by atoms with van der Waals surface area (Å²) in [6.07, 6.45) is 4.98. The number of aryl methyl sites for hydroxylation is 1. The van der Waals surface area contributed by atoms with E-state index in [2.05, 4.69) is 0 Å². The SMILES string of the molecule is Cc1ccc(/C=C/CCCl)cc1Cl. The normalized spacial score (nSPS) is 11.0. The maximum absolute atomic E-state index is 5.97. The van der Waals surface area contributed by atoms with Gasteiger partial charge in [0, 0.05) is 10.9 Å². The number of rotatable bonds is 3. The molecule has 0 nitrogen and oxygen atoms in total. The van der Waals surface area contributed by atoms with E-state index in [-0.39, 0.29) is 0 Å². The Morgan fingerprint density at radius 1 is 1.38 bits per heavy atom. The van der Waals surface area contributed by atoms with Crippen molar-refractivity contribution in [3.63, 3.8) is 0 Å². The minimum atomic E-state index is 0.663. The van der Waals surface area contributed by atoms with Crippen molar-refractivity contribution in [1.82, 2.24) is 0 Å². The number of benzene rings is 1. The molecule has 0 atom stereocenters. The number of halogens is 2. The van der Waals surface area contributed by atoms with Crippen LogP contribution >= 0.6 is 23.2 Å². The molecular weight excluding hydrogens is 203 g/mol. The lowest BCUT2D eigenvalue weighted by molar-refractivity contribution is 1.24. The maximum Gasteiger partial charge on any atom is 0.0441 e. The molecule has 0 radical (unpaired) electrons. The first-order valence-corrected chi connectivity index (χ1v) is 5.14. The summed E-state index contributed by atoms with van der Waals surface area (Å²) in [7, 11) is 0. The zero-order valence-electron chi connectivity index (χ0n) is 7.56. The second kappa shape index (κ2) is 5.31. The molecule has 0 spiro atoms. The Labute approximate surface area is 89.2 Å². The van der Waals surface area contributed by atoms with E-state index >= 15 is 0 Å². The van der Waals surface area contributed by atoms with Crippen LogP contribution in [0.4, 0.5) is 0 Å². The second-order valence-electron chi connectivity index (χ2n) is 2.89. The molecule has 1 rings (SSSR count). The van der Waals surface area contributed by atoms with Crippen LogP contribution < -0.4 is 0 Å². The maximum atomic E-state index is 5.97. The fraction of sp³-hybridized carbons (Fsp3) is 0.273. The Kier molecular flexibility index (Phi) is 4.34. The smallest absolute Gasteiger partial charge is 0.0441 e. The van der Waals surface area contributed by atoms with Crippen LogP contribution in [0, 0.1) is 6.92 Å². The van der Waals surface area contributed by atoms with E-state index < -0.39 is 0 Å². The topological polar surface area (TPSA) is 0 Å². The van der Waals surface area contributed by atoms with Crippen molar-refractivity contribution >= 4 is 29.3 Å². The first-order chi connectivity index (χ1) is 6.24. The molecule has 0 bridgehead atoms. The summed E-state index contributed by atoms with van der Waals surface area (Å²) in [4.78, 5) is 0. The van der Waals surface area contributed by atoms with Crippen LogP contribution in [0.25, 0.3) is 6.08 Å². The van der Waals surface area contributed by atoms with E-state index in [9.17, 15) is 0 Å². The second-order valence-corrected chi connectivity index (χ2v) is 3.67. The summed E-state index contributed by atoms with van der Waals surface area (Å²) < 4.78 is 0. The number of alkyl halides is 1. The molecule has 0 fully saturated rings. The van der Waals surface area contributed by atoms with E-state index in [0.29, 0.717) is 5.88 Å². The molecule has 2 heteroatoms. The van der Waals surface area contributed by atoms with E-state index in [4.69, 9.17) is 23.2 Å². The van der Waals surface area contributed by atoms with Gasteiger partial charge in [-0.05, 0) is 30.5 Å². The zero-order valence-corrected chi connectivity index (χ0v) is 9.07. The summed E-state index contributed by atoms with van der Waals surface area (Å²) in [5, 5.41) is 0.813. The van der Waals surface area contributed by atoms with Crippen LogP contribution in [0.2, 0.25) is 5.02 Å². The molecule has 0 aliphatic carbocycles. The number of hydrogen-bond acceptors (Lipinski definition) is 0. The van der Waals surface area contributed by atoms with E-state index in [0.717, 1.165) is 22.6 Å². The summed E-state index contributed by atoms with van der Waals surface area (Å²) in [5.41, 5.74) is 2.23. The van der Waals surface area contributed by atoms with Crippen molar-refractivity contribution in [2.45, 2.75) is 13.3 Å². The molecule has 0 N–H and O–H groups in total. The average molecular weight is 215 g/mol. The highest BCUT2D eigenvalue weighted by molar-refractivity contribution is 6.31. The molecule has 1 aromatic carbocycles. The lowest BCUT2D eigenvalue weighted by atomic mass is 10.1. The first kappa shape index (κ1) is 10.6. The molecule has 0 aliphatic rings. The Morgan fingerprint density at radius 3 is 2.77 bits per heavy atom. The number of hydrogen-bond donors (Lipinski definition) is 0. The van der Waals surface area contributed by atoms with Crippen molar-refractivity contribution in [2.75, 3.05) is 5.88 Å². The molecule has 0 aliphatic heterocycles. The summed E-state index contributed by atoms with van der Waals surface area (Å²) in [6.45, 7) is 1.99. The molecule has 70 valence electrons. The molecule has 0 unspecified atom stereocenters. The fourth-order valence-corrected chi connectivity index (χ4v) is 1.31. The van der Waals surface area contributed by atoms with Crippen LogP contribution in [-0.2, 0) is 0 Å². The van der Waals surface area contributed by atoms with Gasteiger partial charge in [0.05, 0.1) is 0 Å². The van der Waals surface area contributed by atoms with E-state index in [1.54, 1.807) is 0 Å². The van der Waals surface area contributed by atoms with Crippen molar-refractivity contribution in [3.8, 4) is 0 Å². The van der Waals surface area contributed by atoms with E-state index in [1.165, 1.54) is 0 Å². The van der Waals surface area contributed by atoms with Gasteiger partial charge in [-0.1, -0.05) is 35.9 Å². The van der Waals surface area contributed by atoms with Gasteiger partial charge in [0.25, 0.3) is 0 Å². The largest absolute Gasteiger partial charge is 0.126 e. The van der Waals surface area contributed by atoms with E-state index in [1.807, 2.05) is 37.3 Å². The quantitative estimate of drug-likeness (QED) is 0.659. The van der Waals surface area contributed by atoms with Crippen molar-refractivity contribution in [3.05, 3.63) is 40.4 Å². The van der Waals surface area contributed by atoms with Crippen LogP contribution in [0.3, 0.4) is 0 Å². The van der Waals surface area contributed by atoms with Crippen LogP contribution in [-0.4, -0.2) is 5.88 Å².